The molecule has 0 fully saturated rings. The molecule has 1 N–H and O–H groups in total. The van der Waals surface area contributed by atoms with Gasteiger partial charge in [-0.15, -0.1) is 11.3 Å². The van der Waals surface area contributed by atoms with Crippen LogP contribution in [0.15, 0.2) is 40.1 Å². The van der Waals surface area contributed by atoms with Crippen LogP contribution in [0.4, 0.5) is 5.69 Å². The average molecular weight is 370 g/mol. The van der Waals surface area contributed by atoms with E-state index >= 15 is 0 Å². The number of carbonyl (C=O) groups excluding carboxylic acids is 2. The van der Waals surface area contributed by atoms with E-state index < -0.39 is 5.97 Å². The van der Waals surface area contributed by atoms with E-state index in [1.807, 2.05) is 17.5 Å². The molecule has 0 aliphatic rings. The van der Waals surface area contributed by atoms with Crippen molar-refractivity contribution in [2.75, 3.05) is 12.4 Å². The van der Waals surface area contributed by atoms with Crippen molar-refractivity contribution in [3.05, 3.63) is 58.3 Å². The standard InChI is InChI=1S/C19H18N2O4S/c1-11-13(19(23)24-3)6-4-7-14(11)20-17(22)10-15-12(2)25-18(21-15)16-8-5-9-26-16/h4-9H,10H2,1-3H3,(H,20,22). The Labute approximate surface area is 154 Å². The molecule has 0 spiro atoms. The van der Waals surface area contributed by atoms with E-state index in [0.29, 0.717) is 34.2 Å². The van der Waals surface area contributed by atoms with Crippen LogP contribution in [0.1, 0.15) is 27.4 Å². The number of esters is 1. The first-order chi connectivity index (χ1) is 12.5. The molecular weight excluding hydrogens is 352 g/mol. The molecule has 0 saturated heterocycles. The number of carbonyl (C=O) groups is 2. The number of benzene rings is 1. The Morgan fingerprint density at radius 1 is 1.23 bits per heavy atom. The Bertz CT molecular complexity index is 945. The summed E-state index contributed by atoms with van der Waals surface area (Å²) in [5.74, 6) is 0.462. The smallest absolute Gasteiger partial charge is 0.338 e. The number of rotatable bonds is 5. The zero-order valence-electron chi connectivity index (χ0n) is 14.7. The number of hydrogen-bond donors (Lipinski definition) is 1. The maximum atomic E-state index is 12.4. The van der Waals surface area contributed by atoms with Crippen LogP contribution in [0.5, 0.6) is 0 Å². The summed E-state index contributed by atoms with van der Waals surface area (Å²) in [5, 5.41) is 4.77. The predicted octanol–water partition coefficient (Wildman–Crippen LogP) is 3.99. The number of aromatic nitrogens is 1. The molecule has 3 rings (SSSR count). The lowest BCUT2D eigenvalue weighted by Crippen LogP contribution is -2.17. The van der Waals surface area contributed by atoms with E-state index in [4.69, 9.17) is 9.15 Å². The largest absolute Gasteiger partial charge is 0.465 e. The second kappa shape index (κ2) is 7.53. The van der Waals surface area contributed by atoms with Crippen LogP contribution in [-0.4, -0.2) is 24.0 Å². The van der Waals surface area contributed by atoms with E-state index in [-0.39, 0.29) is 12.3 Å². The van der Waals surface area contributed by atoms with Gasteiger partial charge in [-0.3, -0.25) is 4.79 Å². The second-order valence-electron chi connectivity index (χ2n) is 5.69. The quantitative estimate of drug-likeness (QED) is 0.687. The molecule has 2 aromatic heterocycles. The first kappa shape index (κ1) is 17.9. The van der Waals surface area contributed by atoms with Crippen LogP contribution in [0.25, 0.3) is 10.8 Å². The summed E-state index contributed by atoms with van der Waals surface area (Å²) in [6.45, 7) is 3.55. The highest BCUT2D eigenvalue weighted by atomic mass is 32.1. The van der Waals surface area contributed by atoms with Gasteiger partial charge in [0.25, 0.3) is 0 Å². The number of anilines is 1. The summed E-state index contributed by atoms with van der Waals surface area (Å²) in [5.41, 5.74) is 2.23. The third-order valence-electron chi connectivity index (χ3n) is 3.97. The monoisotopic (exact) mass is 370 g/mol. The fourth-order valence-electron chi connectivity index (χ4n) is 2.55. The lowest BCUT2D eigenvalue weighted by atomic mass is 10.1. The highest BCUT2D eigenvalue weighted by Gasteiger charge is 2.17. The number of methoxy groups -OCH3 is 1. The van der Waals surface area contributed by atoms with E-state index in [1.165, 1.54) is 18.4 Å². The molecule has 1 aromatic carbocycles. The van der Waals surface area contributed by atoms with Gasteiger partial charge in [0.15, 0.2) is 0 Å². The molecule has 0 bridgehead atoms. The van der Waals surface area contributed by atoms with Gasteiger partial charge in [0.1, 0.15) is 5.76 Å². The van der Waals surface area contributed by atoms with E-state index in [2.05, 4.69) is 10.3 Å². The normalized spacial score (nSPS) is 10.6. The van der Waals surface area contributed by atoms with Gasteiger partial charge in [0.2, 0.25) is 11.8 Å². The Hall–Kier alpha value is -2.93. The highest BCUT2D eigenvalue weighted by Crippen LogP contribution is 2.26. The van der Waals surface area contributed by atoms with Crippen molar-refractivity contribution in [3.8, 4) is 10.8 Å². The van der Waals surface area contributed by atoms with Crippen molar-refractivity contribution in [3.63, 3.8) is 0 Å². The number of thiophene rings is 1. The van der Waals surface area contributed by atoms with E-state index in [1.54, 1.807) is 32.0 Å². The fraction of sp³-hybridized carbons (Fsp3) is 0.211. The van der Waals surface area contributed by atoms with Crippen molar-refractivity contribution >= 4 is 28.9 Å². The Kier molecular flexibility index (Phi) is 5.18. The van der Waals surface area contributed by atoms with Crippen LogP contribution in [0, 0.1) is 13.8 Å². The van der Waals surface area contributed by atoms with Gasteiger partial charge in [-0.05, 0) is 43.0 Å². The third kappa shape index (κ3) is 3.67. The van der Waals surface area contributed by atoms with Gasteiger partial charge < -0.3 is 14.5 Å². The maximum Gasteiger partial charge on any atom is 0.338 e. The number of aryl methyl sites for hydroxylation is 1. The van der Waals surface area contributed by atoms with Crippen molar-refractivity contribution in [1.29, 1.82) is 0 Å². The number of hydrogen-bond acceptors (Lipinski definition) is 6. The summed E-state index contributed by atoms with van der Waals surface area (Å²) >= 11 is 1.53. The van der Waals surface area contributed by atoms with Crippen LogP contribution in [0.3, 0.4) is 0 Å². The molecule has 6 nitrogen and oxygen atoms in total. The Balaban J connectivity index is 1.75. The topological polar surface area (TPSA) is 81.4 Å². The highest BCUT2D eigenvalue weighted by molar-refractivity contribution is 7.13. The molecule has 0 unspecified atom stereocenters. The lowest BCUT2D eigenvalue weighted by molar-refractivity contribution is -0.115. The zero-order chi connectivity index (χ0) is 18.7. The average Bonchev–Trinajstić information content (AvgIpc) is 3.26. The van der Waals surface area contributed by atoms with Crippen molar-refractivity contribution in [2.45, 2.75) is 20.3 Å². The Morgan fingerprint density at radius 3 is 2.73 bits per heavy atom. The first-order valence-corrected chi connectivity index (χ1v) is 8.85. The van der Waals surface area contributed by atoms with Gasteiger partial charge in [0, 0.05) is 5.69 Å². The third-order valence-corrected chi connectivity index (χ3v) is 4.82. The molecule has 3 aromatic rings. The molecule has 0 aliphatic heterocycles. The maximum absolute atomic E-state index is 12.4. The summed E-state index contributed by atoms with van der Waals surface area (Å²) in [6, 6.07) is 8.94. The minimum absolute atomic E-state index is 0.0859. The molecule has 134 valence electrons. The number of ether oxygens (including phenoxy) is 1. The van der Waals surface area contributed by atoms with E-state index in [9.17, 15) is 9.59 Å². The predicted molar refractivity (Wildman–Crippen MR) is 99.4 cm³/mol. The summed E-state index contributed by atoms with van der Waals surface area (Å²) in [7, 11) is 1.32. The molecule has 26 heavy (non-hydrogen) atoms. The van der Waals surface area contributed by atoms with Crippen LogP contribution < -0.4 is 5.32 Å². The molecule has 0 aliphatic carbocycles. The van der Waals surface area contributed by atoms with Crippen LogP contribution in [-0.2, 0) is 16.0 Å². The minimum Gasteiger partial charge on any atom is -0.465 e. The summed E-state index contributed by atoms with van der Waals surface area (Å²) in [4.78, 5) is 29.5. The van der Waals surface area contributed by atoms with Gasteiger partial charge in [0.05, 0.1) is 29.7 Å². The fourth-order valence-corrected chi connectivity index (χ4v) is 3.20. The molecule has 0 saturated carbocycles. The number of nitrogens with one attached hydrogen (secondary N) is 1. The van der Waals surface area contributed by atoms with Crippen LogP contribution in [0.2, 0.25) is 0 Å². The molecule has 0 radical (unpaired) electrons. The van der Waals surface area contributed by atoms with Crippen LogP contribution >= 0.6 is 11.3 Å². The number of nitrogens with zero attached hydrogens (tertiary/aromatic N) is 1. The van der Waals surface area contributed by atoms with Crippen molar-refractivity contribution in [2.24, 2.45) is 0 Å². The van der Waals surface area contributed by atoms with Gasteiger partial charge in [-0.2, -0.15) is 0 Å². The molecule has 0 atom stereocenters. The van der Waals surface area contributed by atoms with Crippen molar-refractivity contribution < 1.29 is 18.7 Å². The molecule has 7 heteroatoms. The first-order valence-electron chi connectivity index (χ1n) is 7.97. The van der Waals surface area contributed by atoms with Gasteiger partial charge in [-0.25, -0.2) is 9.78 Å². The number of oxazole rings is 1. The zero-order valence-corrected chi connectivity index (χ0v) is 15.5. The molecule has 1 amide bonds. The summed E-state index contributed by atoms with van der Waals surface area (Å²) in [6.07, 6.45) is 0.0859. The number of amides is 1. The van der Waals surface area contributed by atoms with Gasteiger partial charge >= 0.3 is 5.97 Å². The SMILES string of the molecule is COC(=O)c1cccc(NC(=O)Cc2nc(-c3cccs3)oc2C)c1C. The lowest BCUT2D eigenvalue weighted by Gasteiger charge is -2.11. The second-order valence-corrected chi connectivity index (χ2v) is 6.64. The molecular formula is C19H18N2O4S. The van der Waals surface area contributed by atoms with Crippen molar-refractivity contribution in [1.82, 2.24) is 4.98 Å². The van der Waals surface area contributed by atoms with E-state index in [0.717, 1.165) is 4.88 Å². The summed E-state index contributed by atoms with van der Waals surface area (Å²) < 4.78 is 10.4. The Morgan fingerprint density at radius 2 is 2.04 bits per heavy atom. The van der Waals surface area contributed by atoms with Gasteiger partial charge in [-0.1, -0.05) is 12.1 Å². The molecule has 2 heterocycles. The minimum atomic E-state index is -0.438.